The van der Waals surface area contributed by atoms with Crippen molar-refractivity contribution >= 4 is 23.5 Å². The Bertz CT molecular complexity index is 1160. The molecule has 2 aromatic heterocycles. The summed E-state index contributed by atoms with van der Waals surface area (Å²) in [7, 11) is 0. The van der Waals surface area contributed by atoms with E-state index in [0.717, 1.165) is 25.7 Å². The molecule has 1 fully saturated rings. The molecule has 1 saturated carbocycles. The molecule has 1 aliphatic carbocycles. The Morgan fingerprint density at radius 1 is 1.03 bits per heavy atom. The van der Waals surface area contributed by atoms with E-state index in [1.807, 2.05) is 0 Å². The SMILES string of the molecule is O=C(CCCC(=O)N(Cc1ccco1)[C@H](C(=O)NC1CCCC1)c1ccc(O)cc1)Nc1ccccn1. The van der Waals surface area contributed by atoms with Crippen LogP contribution in [0.15, 0.2) is 71.5 Å². The fourth-order valence-electron chi connectivity index (χ4n) is 4.56. The number of phenols is 1. The molecule has 3 aromatic rings. The van der Waals surface area contributed by atoms with Gasteiger partial charge in [-0.25, -0.2) is 4.98 Å². The predicted octanol–water partition coefficient (Wildman–Crippen LogP) is 4.32. The van der Waals surface area contributed by atoms with Gasteiger partial charge in [-0.2, -0.15) is 0 Å². The van der Waals surface area contributed by atoms with Gasteiger partial charge in [-0.05, 0) is 61.2 Å². The van der Waals surface area contributed by atoms with Crippen LogP contribution in [0.2, 0.25) is 0 Å². The van der Waals surface area contributed by atoms with Crippen LogP contribution in [-0.2, 0) is 20.9 Å². The molecule has 9 nitrogen and oxygen atoms in total. The minimum Gasteiger partial charge on any atom is -0.508 e. The number of aromatic hydroxyl groups is 1. The van der Waals surface area contributed by atoms with Gasteiger partial charge in [0, 0.05) is 25.1 Å². The van der Waals surface area contributed by atoms with Gasteiger partial charge in [0.2, 0.25) is 17.7 Å². The first-order valence-electron chi connectivity index (χ1n) is 12.6. The Hall–Kier alpha value is -4.14. The first-order chi connectivity index (χ1) is 18.0. The minimum atomic E-state index is -0.916. The molecule has 0 spiro atoms. The van der Waals surface area contributed by atoms with Gasteiger partial charge in [0.25, 0.3) is 0 Å². The number of benzene rings is 1. The van der Waals surface area contributed by atoms with Crippen molar-refractivity contribution in [3.63, 3.8) is 0 Å². The Kier molecular flexibility index (Phi) is 8.91. The van der Waals surface area contributed by atoms with Crippen molar-refractivity contribution in [3.05, 3.63) is 78.4 Å². The first-order valence-corrected chi connectivity index (χ1v) is 12.6. The Morgan fingerprint density at radius 3 is 2.49 bits per heavy atom. The van der Waals surface area contributed by atoms with Crippen molar-refractivity contribution in [2.75, 3.05) is 5.32 Å². The van der Waals surface area contributed by atoms with Crippen LogP contribution in [0.5, 0.6) is 5.75 Å². The summed E-state index contributed by atoms with van der Waals surface area (Å²) in [5.41, 5.74) is 0.584. The third-order valence-electron chi connectivity index (χ3n) is 6.42. The number of carbonyl (C=O) groups is 3. The largest absolute Gasteiger partial charge is 0.508 e. The maximum Gasteiger partial charge on any atom is 0.247 e. The van der Waals surface area contributed by atoms with Crippen LogP contribution < -0.4 is 10.6 Å². The number of pyridine rings is 1. The summed E-state index contributed by atoms with van der Waals surface area (Å²) in [5.74, 6) is 0.277. The van der Waals surface area contributed by atoms with Gasteiger partial charge in [0.15, 0.2) is 0 Å². The molecular formula is C28H32N4O5. The highest BCUT2D eigenvalue weighted by Crippen LogP contribution is 2.28. The standard InChI is InChI=1S/C28H32N4O5/c33-22-15-13-20(14-16-22)27(28(36)30-21-7-1-2-8-21)32(19-23-9-6-18-37-23)26(35)12-5-11-25(34)31-24-10-3-4-17-29-24/h3-4,6,9-10,13-18,21,27,33H,1-2,5,7-8,11-12,19H2,(H,30,36)(H,29,31,34)/t27-/m0/s1. The van der Waals surface area contributed by atoms with Crippen molar-refractivity contribution < 1.29 is 23.9 Å². The van der Waals surface area contributed by atoms with Crippen molar-refractivity contribution in [1.29, 1.82) is 0 Å². The summed E-state index contributed by atoms with van der Waals surface area (Å²) in [6, 6.07) is 14.2. The van der Waals surface area contributed by atoms with Crippen LogP contribution in [0.1, 0.15) is 62.3 Å². The van der Waals surface area contributed by atoms with Gasteiger partial charge < -0.3 is 25.1 Å². The molecule has 0 radical (unpaired) electrons. The van der Waals surface area contributed by atoms with E-state index in [4.69, 9.17) is 4.42 Å². The van der Waals surface area contributed by atoms with Gasteiger partial charge in [0.05, 0.1) is 12.8 Å². The monoisotopic (exact) mass is 504 g/mol. The van der Waals surface area contributed by atoms with Gasteiger partial charge in [0.1, 0.15) is 23.4 Å². The number of nitrogens with one attached hydrogen (secondary N) is 2. The fourth-order valence-corrected chi connectivity index (χ4v) is 4.56. The smallest absolute Gasteiger partial charge is 0.247 e. The highest BCUT2D eigenvalue weighted by molar-refractivity contribution is 5.91. The average molecular weight is 505 g/mol. The summed E-state index contributed by atoms with van der Waals surface area (Å²) >= 11 is 0. The van der Waals surface area contributed by atoms with Crippen LogP contribution in [0.25, 0.3) is 0 Å². The molecule has 0 saturated heterocycles. The van der Waals surface area contributed by atoms with Crippen molar-refractivity contribution in [2.45, 2.75) is 63.6 Å². The number of anilines is 1. The van der Waals surface area contributed by atoms with E-state index in [-0.39, 0.29) is 48.9 Å². The Balaban J connectivity index is 1.50. The number of hydrogen-bond donors (Lipinski definition) is 3. The number of hydrogen-bond acceptors (Lipinski definition) is 6. The number of phenolic OH excluding ortho intramolecular Hbond substituents is 1. The number of nitrogens with zero attached hydrogens (tertiary/aromatic N) is 2. The number of aromatic nitrogens is 1. The van der Waals surface area contributed by atoms with Gasteiger partial charge in [-0.1, -0.05) is 31.0 Å². The molecule has 1 aromatic carbocycles. The van der Waals surface area contributed by atoms with Crippen LogP contribution in [0.3, 0.4) is 0 Å². The molecule has 3 N–H and O–H groups in total. The summed E-state index contributed by atoms with van der Waals surface area (Å²) in [6.45, 7) is 0.0929. The zero-order chi connectivity index (χ0) is 26.0. The second kappa shape index (κ2) is 12.7. The molecule has 3 amide bonds. The second-order valence-electron chi connectivity index (χ2n) is 9.20. The summed E-state index contributed by atoms with van der Waals surface area (Å²) in [4.78, 5) is 45.0. The van der Waals surface area contributed by atoms with E-state index >= 15 is 0 Å². The molecule has 0 bridgehead atoms. The molecule has 4 rings (SSSR count). The van der Waals surface area contributed by atoms with Crippen LogP contribution in [0, 0.1) is 0 Å². The predicted molar refractivity (Wildman–Crippen MR) is 137 cm³/mol. The number of rotatable bonds is 11. The lowest BCUT2D eigenvalue weighted by Crippen LogP contribution is -2.45. The Morgan fingerprint density at radius 2 is 1.81 bits per heavy atom. The van der Waals surface area contributed by atoms with Crippen LogP contribution >= 0.6 is 0 Å². The van der Waals surface area contributed by atoms with Gasteiger partial charge in [-0.3, -0.25) is 14.4 Å². The molecule has 37 heavy (non-hydrogen) atoms. The first kappa shape index (κ1) is 25.9. The van der Waals surface area contributed by atoms with Crippen LogP contribution in [0.4, 0.5) is 5.82 Å². The van der Waals surface area contributed by atoms with E-state index in [2.05, 4.69) is 15.6 Å². The highest BCUT2D eigenvalue weighted by Gasteiger charge is 2.33. The molecule has 1 atom stereocenters. The lowest BCUT2D eigenvalue weighted by molar-refractivity contribution is -0.142. The number of furan rings is 1. The molecule has 1 aliphatic rings. The molecular weight excluding hydrogens is 472 g/mol. The molecule has 0 aliphatic heterocycles. The van der Waals surface area contributed by atoms with E-state index in [9.17, 15) is 19.5 Å². The van der Waals surface area contributed by atoms with Crippen LogP contribution in [-0.4, -0.2) is 38.8 Å². The van der Waals surface area contributed by atoms with Gasteiger partial charge >= 0.3 is 0 Å². The lowest BCUT2D eigenvalue weighted by atomic mass is 10.0. The zero-order valence-electron chi connectivity index (χ0n) is 20.6. The summed E-state index contributed by atoms with van der Waals surface area (Å²) in [6.07, 6.45) is 7.56. The van der Waals surface area contributed by atoms with E-state index in [1.54, 1.807) is 48.7 Å². The van der Waals surface area contributed by atoms with Crippen molar-refractivity contribution in [1.82, 2.24) is 15.2 Å². The molecule has 194 valence electrons. The van der Waals surface area contributed by atoms with E-state index < -0.39 is 6.04 Å². The molecule has 9 heteroatoms. The Labute approximate surface area is 215 Å². The third kappa shape index (κ3) is 7.42. The zero-order valence-corrected chi connectivity index (χ0v) is 20.6. The van der Waals surface area contributed by atoms with E-state index in [0.29, 0.717) is 23.6 Å². The topological polar surface area (TPSA) is 125 Å². The second-order valence-corrected chi connectivity index (χ2v) is 9.20. The summed E-state index contributed by atoms with van der Waals surface area (Å²) < 4.78 is 5.50. The summed E-state index contributed by atoms with van der Waals surface area (Å²) in [5, 5.41) is 15.6. The quantitative estimate of drug-likeness (QED) is 0.357. The van der Waals surface area contributed by atoms with Crippen molar-refractivity contribution in [3.8, 4) is 5.75 Å². The maximum absolute atomic E-state index is 13.6. The minimum absolute atomic E-state index is 0.0709. The maximum atomic E-state index is 13.6. The lowest BCUT2D eigenvalue weighted by Gasteiger charge is -2.32. The number of carbonyl (C=O) groups excluding carboxylic acids is 3. The third-order valence-corrected chi connectivity index (χ3v) is 6.42. The molecule has 0 unspecified atom stereocenters. The average Bonchev–Trinajstić information content (AvgIpc) is 3.60. The number of amides is 3. The van der Waals surface area contributed by atoms with Gasteiger partial charge in [-0.15, -0.1) is 0 Å². The van der Waals surface area contributed by atoms with E-state index in [1.165, 1.54) is 23.3 Å². The molecule has 2 heterocycles. The normalized spacial score (nSPS) is 14.2. The highest BCUT2D eigenvalue weighted by atomic mass is 16.3. The van der Waals surface area contributed by atoms with Crippen molar-refractivity contribution in [2.24, 2.45) is 0 Å². The fraction of sp³-hybridized carbons (Fsp3) is 0.357.